The van der Waals surface area contributed by atoms with Crippen LogP contribution in [0, 0.1) is 13.8 Å². The molecule has 0 N–H and O–H groups in total. The van der Waals surface area contributed by atoms with Crippen molar-refractivity contribution in [3.8, 4) is 5.75 Å². The summed E-state index contributed by atoms with van der Waals surface area (Å²) in [5, 5.41) is 0. The smallest absolute Gasteiger partial charge is 0.282 e. The molecule has 0 saturated carbocycles. The van der Waals surface area contributed by atoms with Crippen molar-refractivity contribution in [2.45, 2.75) is 53.1 Å². The zero-order valence-corrected chi connectivity index (χ0v) is 18.8. The van der Waals surface area contributed by atoms with E-state index in [2.05, 4.69) is 11.0 Å². The van der Waals surface area contributed by atoms with Gasteiger partial charge in [-0.25, -0.2) is 4.90 Å². The van der Waals surface area contributed by atoms with E-state index < -0.39 is 0 Å². The van der Waals surface area contributed by atoms with Gasteiger partial charge >= 0.3 is 0 Å². The highest BCUT2D eigenvalue weighted by Gasteiger charge is 2.44. The van der Waals surface area contributed by atoms with Crippen molar-refractivity contribution >= 4 is 23.1 Å². The van der Waals surface area contributed by atoms with Gasteiger partial charge in [0.15, 0.2) is 0 Å². The Morgan fingerprint density at radius 2 is 1.61 bits per heavy atom. The largest absolute Gasteiger partial charge is 0.489 e. The van der Waals surface area contributed by atoms with Gasteiger partial charge in [0.2, 0.25) is 0 Å². The van der Waals surface area contributed by atoms with Crippen molar-refractivity contribution in [1.29, 1.82) is 0 Å². The topological polar surface area (TPSA) is 49.9 Å². The molecule has 0 radical (unpaired) electrons. The number of nitrogens with zero attached hydrogens (tertiary/aromatic N) is 2. The zero-order chi connectivity index (χ0) is 22.1. The van der Waals surface area contributed by atoms with E-state index in [-0.39, 0.29) is 17.9 Å². The van der Waals surface area contributed by atoms with Crippen LogP contribution in [0.5, 0.6) is 5.75 Å². The molecule has 2 amide bonds. The molecule has 1 saturated heterocycles. The second-order valence-corrected chi connectivity index (χ2v) is 8.67. The molecule has 2 aromatic carbocycles. The lowest BCUT2D eigenvalue weighted by Gasteiger charge is -2.30. The van der Waals surface area contributed by atoms with Crippen LogP contribution in [0.2, 0.25) is 0 Å². The molecule has 0 aliphatic carbocycles. The number of anilines is 1. The van der Waals surface area contributed by atoms with Crippen LogP contribution >= 0.6 is 0 Å². The summed E-state index contributed by atoms with van der Waals surface area (Å²) in [4.78, 5) is 31.0. The quantitative estimate of drug-likeness (QED) is 0.651. The molecule has 2 heterocycles. The summed E-state index contributed by atoms with van der Waals surface area (Å²) in [6.07, 6.45) is 3.14. The number of amides is 2. The van der Waals surface area contributed by atoms with Crippen LogP contribution in [0.15, 0.2) is 48.2 Å². The Kier molecular flexibility index (Phi) is 5.86. The van der Waals surface area contributed by atoms with E-state index in [1.165, 1.54) is 4.90 Å². The maximum atomic E-state index is 13.8. The second kappa shape index (κ2) is 8.58. The minimum absolute atomic E-state index is 0.0673. The van der Waals surface area contributed by atoms with Gasteiger partial charge in [0.1, 0.15) is 11.4 Å². The first-order valence-corrected chi connectivity index (χ1v) is 11.1. The highest BCUT2D eigenvalue weighted by molar-refractivity contribution is 6.45. The summed E-state index contributed by atoms with van der Waals surface area (Å²) in [6, 6.07) is 13.3. The van der Waals surface area contributed by atoms with Gasteiger partial charge in [0, 0.05) is 13.1 Å². The van der Waals surface area contributed by atoms with Gasteiger partial charge in [-0.15, -0.1) is 0 Å². The van der Waals surface area contributed by atoms with Gasteiger partial charge < -0.3 is 9.64 Å². The Balaban J connectivity index is 1.85. The minimum atomic E-state index is -0.280. The molecule has 0 atom stereocenters. The van der Waals surface area contributed by atoms with E-state index >= 15 is 0 Å². The number of carbonyl (C=O) groups excluding carboxylic acids is 2. The fourth-order valence-electron chi connectivity index (χ4n) is 4.48. The lowest BCUT2D eigenvalue weighted by molar-refractivity contribution is -0.120. The molecule has 4 rings (SSSR count). The Labute approximate surface area is 184 Å². The van der Waals surface area contributed by atoms with Gasteiger partial charge in [-0.1, -0.05) is 35.9 Å². The molecule has 2 aliphatic heterocycles. The standard InChI is InChI=1S/C26H30N2O3/c1-17(2)31-22-11-7-6-10-21(22)28-25(29)23(20-13-12-18(3)16-19(20)4)24(26(28)30)27-14-8-5-9-15-27/h6-7,10-13,16-17H,5,8-9,14-15H2,1-4H3. The van der Waals surface area contributed by atoms with Crippen molar-refractivity contribution in [1.82, 2.24) is 4.90 Å². The molecule has 0 aromatic heterocycles. The molecule has 162 valence electrons. The second-order valence-electron chi connectivity index (χ2n) is 8.67. The fraction of sp³-hybridized carbons (Fsp3) is 0.385. The molecule has 2 aliphatic rings. The summed E-state index contributed by atoms with van der Waals surface area (Å²) in [6.45, 7) is 9.48. The zero-order valence-electron chi connectivity index (χ0n) is 18.8. The highest BCUT2D eigenvalue weighted by atomic mass is 16.5. The fourth-order valence-corrected chi connectivity index (χ4v) is 4.48. The number of piperidine rings is 1. The van der Waals surface area contributed by atoms with Crippen LogP contribution < -0.4 is 9.64 Å². The van der Waals surface area contributed by atoms with Crippen LogP contribution in [0.25, 0.3) is 5.57 Å². The van der Waals surface area contributed by atoms with Crippen molar-refractivity contribution in [3.05, 3.63) is 64.9 Å². The summed E-state index contributed by atoms with van der Waals surface area (Å²) in [5.74, 6) is -0.00177. The number of para-hydroxylation sites is 2. The first kappa shape index (κ1) is 21.2. The van der Waals surface area contributed by atoms with Crippen LogP contribution in [0.3, 0.4) is 0 Å². The molecule has 5 heteroatoms. The van der Waals surface area contributed by atoms with Crippen molar-refractivity contribution in [2.24, 2.45) is 0 Å². The maximum Gasteiger partial charge on any atom is 0.282 e. The van der Waals surface area contributed by atoms with Crippen LogP contribution in [0.4, 0.5) is 5.69 Å². The van der Waals surface area contributed by atoms with Crippen molar-refractivity contribution in [2.75, 3.05) is 18.0 Å². The third kappa shape index (κ3) is 3.97. The normalized spacial score (nSPS) is 17.2. The first-order chi connectivity index (χ1) is 14.9. The van der Waals surface area contributed by atoms with Crippen molar-refractivity contribution in [3.63, 3.8) is 0 Å². The Bertz CT molecular complexity index is 1050. The van der Waals surface area contributed by atoms with Gasteiger partial charge in [0.05, 0.1) is 17.4 Å². The monoisotopic (exact) mass is 418 g/mol. The van der Waals surface area contributed by atoms with Crippen LogP contribution in [-0.2, 0) is 9.59 Å². The van der Waals surface area contributed by atoms with Crippen LogP contribution in [-0.4, -0.2) is 35.9 Å². The number of rotatable bonds is 5. The van der Waals surface area contributed by atoms with Gasteiger partial charge in [-0.05, 0) is 70.2 Å². The molecule has 31 heavy (non-hydrogen) atoms. The van der Waals surface area contributed by atoms with Gasteiger partial charge in [0.25, 0.3) is 11.8 Å². The van der Waals surface area contributed by atoms with E-state index in [0.29, 0.717) is 22.7 Å². The number of benzene rings is 2. The Hall–Kier alpha value is -3.08. The lowest BCUT2D eigenvalue weighted by Crippen LogP contribution is -2.37. The third-order valence-corrected chi connectivity index (χ3v) is 5.85. The molecular weight excluding hydrogens is 388 g/mol. The van der Waals surface area contributed by atoms with E-state index in [1.807, 2.05) is 58.0 Å². The number of hydrogen-bond acceptors (Lipinski definition) is 4. The van der Waals surface area contributed by atoms with E-state index in [4.69, 9.17) is 4.74 Å². The molecule has 0 spiro atoms. The summed E-state index contributed by atoms with van der Waals surface area (Å²) in [5.41, 5.74) is 4.49. The Morgan fingerprint density at radius 1 is 0.903 bits per heavy atom. The molecule has 0 unspecified atom stereocenters. The van der Waals surface area contributed by atoms with E-state index in [0.717, 1.165) is 49.0 Å². The van der Waals surface area contributed by atoms with E-state index in [9.17, 15) is 9.59 Å². The van der Waals surface area contributed by atoms with Crippen LogP contribution in [0.1, 0.15) is 49.8 Å². The minimum Gasteiger partial charge on any atom is -0.489 e. The number of carbonyl (C=O) groups is 2. The summed E-state index contributed by atoms with van der Waals surface area (Å²) >= 11 is 0. The van der Waals surface area contributed by atoms with Gasteiger partial charge in [-0.2, -0.15) is 0 Å². The lowest BCUT2D eigenvalue weighted by atomic mass is 9.96. The number of ether oxygens (including phenoxy) is 1. The molecular formula is C26H30N2O3. The number of likely N-dealkylation sites (tertiary alicyclic amines) is 1. The van der Waals surface area contributed by atoms with Crippen molar-refractivity contribution < 1.29 is 14.3 Å². The predicted molar refractivity (Wildman–Crippen MR) is 123 cm³/mol. The molecule has 1 fully saturated rings. The van der Waals surface area contributed by atoms with Gasteiger partial charge in [-0.3, -0.25) is 9.59 Å². The first-order valence-electron chi connectivity index (χ1n) is 11.1. The number of imide groups is 1. The predicted octanol–water partition coefficient (Wildman–Crippen LogP) is 4.86. The number of aryl methyl sites for hydroxylation is 2. The third-order valence-electron chi connectivity index (χ3n) is 5.85. The molecule has 2 aromatic rings. The average molecular weight is 419 g/mol. The molecule has 5 nitrogen and oxygen atoms in total. The highest BCUT2D eigenvalue weighted by Crippen LogP contribution is 2.40. The molecule has 0 bridgehead atoms. The number of hydrogen-bond donors (Lipinski definition) is 0. The summed E-state index contributed by atoms with van der Waals surface area (Å²) < 4.78 is 5.94. The van der Waals surface area contributed by atoms with E-state index in [1.54, 1.807) is 6.07 Å². The average Bonchev–Trinajstić information content (AvgIpc) is 2.99. The SMILES string of the molecule is Cc1ccc(C2=C(N3CCCCC3)C(=O)N(c3ccccc3OC(C)C)C2=O)c(C)c1. The maximum absolute atomic E-state index is 13.8. The summed E-state index contributed by atoms with van der Waals surface area (Å²) in [7, 11) is 0. The Morgan fingerprint density at radius 3 is 2.29 bits per heavy atom.